The summed E-state index contributed by atoms with van der Waals surface area (Å²) in [4.78, 5) is 4.19. The zero-order valence-corrected chi connectivity index (χ0v) is 13.0. The number of thiophene rings is 1. The topological polar surface area (TPSA) is 50.9 Å². The van der Waals surface area contributed by atoms with E-state index in [1.54, 1.807) is 6.07 Å². The maximum Gasteiger partial charge on any atom is 0.138 e. The summed E-state index contributed by atoms with van der Waals surface area (Å²) in [7, 11) is 0. The summed E-state index contributed by atoms with van der Waals surface area (Å²) < 4.78 is 2.91. The van der Waals surface area contributed by atoms with Gasteiger partial charge in [0, 0.05) is 18.5 Å². The van der Waals surface area contributed by atoms with Crippen LogP contribution in [0.5, 0.6) is 0 Å². The molecular weight excluding hydrogens is 305 g/mol. The fourth-order valence-electron chi connectivity index (χ4n) is 1.81. The molecule has 19 heavy (non-hydrogen) atoms. The van der Waals surface area contributed by atoms with Gasteiger partial charge in [0.05, 0.1) is 10.4 Å². The van der Waals surface area contributed by atoms with Gasteiger partial charge in [0.1, 0.15) is 16.5 Å². The molecule has 1 atom stereocenters. The molecule has 0 amide bonds. The minimum atomic E-state index is -0.716. The van der Waals surface area contributed by atoms with Crippen LogP contribution < -0.4 is 0 Å². The van der Waals surface area contributed by atoms with Crippen molar-refractivity contribution >= 4 is 34.5 Å². The van der Waals surface area contributed by atoms with Gasteiger partial charge in [-0.15, -0.1) is 11.3 Å². The maximum absolute atomic E-state index is 10.2. The van der Waals surface area contributed by atoms with E-state index in [0.717, 1.165) is 12.4 Å². The lowest BCUT2D eigenvalue weighted by molar-refractivity contribution is 0.174. The van der Waals surface area contributed by atoms with Gasteiger partial charge < -0.3 is 5.11 Å². The summed E-state index contributed by atoms with van der Waals surface area (Å²) in [5.41, 5.74) is 0.649. The molecule has 7 heteroatoms. The van der Waals surface area contributed by atoms with Gasteiger partial charge in [-0.25, -0.2) is 9.67 Å². The summed E-state index contributed by atoms with van der Waals surface area (Å²) in [6.45, 7) is 5.00. The number of halogens is 2. The van der Waals surface area contributed by atoms with E-state index in [4.69, 9.17) is 23.2 Å². The van der Waals surface area contributed by atoms with Crippen molar-refractivity contribution in [1.82, 2.24) is 14.8 Å². The number of rotatable bonds is 5. The van der Waals surface area contributed by atoms with Gasteiger partial charge in [0.15, 0.2) is 0 Å². The molecule has 0 aromatic carbocycles. The first kappa shape index (κ1) is 14.8. The highest BCUT2D eigenvalue weighted by atomic mass is 35.5. The maximum atomic E-state index is 10.2. The van der Waals surface area contributed by atoms with Crippen molar-refractivity contribution in [2.24, 2.45) is 5.92 Å². The predicted molar refractivity (Wildman–Crippen MR) is 77.9 cm³/mol. The van der Waals surface area contributed by atoms with E-state index in [1.165, 1.54) is 17.7 Å². The van der Waals surface area contributed by atoms with Crippen molar-refractivity contribution in [3.05, 3.63) is 32.5 Å². The molecule has 4 nitrogen and oxygen atoms in total. The average Bonchev–Trinajstić information content (AvgIpc) is 2.85. The van der Waals surface area contributed by atoms with Gasteiger partial charge in [-0.05, 0) is 12.0 Å². The van der Waals surface area contributed by atoms with Crippen molar-refractivity contribution in [3.8, 4) is 0 Å². The second kappa shape index (κ2) is 6.22. The minimum Gasteiger partial charge on any atom is -0.388 e. The first-order valence-corrected chi connectivity index (χ1v) is 7.54. The Bertz CT molecular complexity index is 553. The Morgan fingerprint density at radius 3 is 2.74 bits per heavy atom. The standard InChI is InChI=1S/C12H15Cl2N3OS/c1-7(2)5-17-11(15-6-16-17)4-9(18)8-3-10(13)19-12(8)14/h3,6-7,9,18H,4-5H2,1-2H3. The van der Waals surface area contributed by atoms with Crippen LogP contribution in [-0.4, -0.2) is 19.9 Å². The lowest BCUT2D eigenvalue weighted by Crippen LogP contribution is -2.13. The van der Waals surface area contributed by atoms with Crippen molar-refractivity contribution < 1.29 is 5.11 Å². The lowest BCUT2D eigenvalue weighted by atomic mass is 10.1. The molecule has 0 fully saturated rings. The Hall–Kier alpha value is -0.620. The van der Waals surface area contributed by atoms with Crippen molar-refractivity contribution in [2.45, 2.75) is 32.9 Å². The molecular formula is C12H15Cl2N3OS. The van der Waals surface area contributed by atoms with E-state index in [-0.39, 0.29) is 0 Å². The van der Waals surface area contributed by atoms with Crippen LogP contribution >= 0.6 is 34.5 Å². The molecule has 1 N–H and O–H groups in total. The van der Waals surface area contributed by atoms with Crippen LogP contribution in [0.2, 0.25) is 8.67 Å². The van der Waals surface area contributed by atoms with Crippen molar-refractivity contribution in [1.29, 1.82) is 0 Å². The van der Waals surface area contributed by atoms with Gasteiger partial charge in [-0.2, -0.15) is 5.10 Å². The third-order valence-electron chi connectivity index (χ3n) is 2.65. The van der Waals surface area contributed by atoms with Crippen LogP contribution in [0.15, 0.2) is 12.4 Å². The predicted octanol–water partition coefficient (Wildman–Crippen LogP) is 3.58. The largest absolute Gasteiger partial charge is 0.388 e. The Labute approximate surface area is 126 Å². The number of aliphatic hydroxyl groups is 1. The third kappa shape index (κ3) is 3.69. The van der Waals surface area contributed by atoms with E-state index in [9.17, 15) is 5.11 Å². The van der Waals surface area contributed by atoms with Crippen molar-refractivity contribution in [3.63, 3.8) is 0 Å². The number of hydrogen-bond donors (Lipinski definition) is 1. The van der Waals surface area contributed by atoms with Crippen LogP contribution in [0.3, 0.4) is 0 Å². The Morgan fingerprint density at radius 2 is 2.16 bits per heavy atom. The van der Waals surface area contributed by atoms with Gasteiger partial charge >= 0.3 is 0 Å². The number of aliphatic hydroxyl groups excluding tert-OH is 1. The Balaban J connectivity index is 2.13. The zero-order valence-electron chi connectivity index (χ0n) is 10.7. The fraction of sp³-hybridized carbons (Fsp3) is 0.500. The highest BCUT2D eigenvalue weighted by molar-refractivity contribution is 7.20. The van der Waals surface area contributed by atoms with E-state index in [0.29, 0.717) is 26.6 Å². The van der Waals surface area contributed by atoms with E-state index in [2.05, 4.69) is 23.9 Å². The van der Waals surface area contributed by atoms with Crippen LogP contribution in [-0.2, 0) is 13.0 Å². The molecule has 0 saturated heterocycles. The molecule has 104 valence electrons. The Morgan fingerprint density at radius 1 is 1.42 bits per heavy atom. The molecule has 2 heterocycles. The minimum absolute atomic E-state index is 0.375. The van der Waals surface area contributed by atoms with E-state index in [1.807, 2.05) is 4.68 Å². The molecule has 2 rings (SSSR count). The molecule has 0 radical (unpaired) electrons. The second-order valence-electron chi connectivity index (χ2n) is 4.75. The van der Waals surface area contributed by atoms with Crippen LogP contribution in [0, 0.1) is 5.92 Å². The van der Waals surface area contributed by atoms with Crippen LogP contribution in [0.4, 0.5) is 0 Å². The third-order valence-corrected chi connectivity index (χ3v) is 4.17. The zero-order chi connectivity index (χ0) is 14.0. The fourth-order valence-corrected chi connectivity index (χ4v) is 3.37. The highest BCUT2D eigenvalue weighted by Crippen LogP contribution is 2.35. The van der Waals surface area contributed by atoms with E-state index < -0.39 is 6.10 Å². The molecule has 2 aromatic rings. The van der Waals surface area contributed by atoms with Gasteiger partial charge in [0.25, 0.3) is 0 Å². The molecule has 0 spiro atoms. The molecule has 0 bridgehead atoms. The summed E-state index contributed by atoms with van der Waals surface area (Å²) in [5, 5.41) is 14.4. The lowest BCUT2D eigenvalue weighted by Gasteiger charge is -2.12. The molecule has 1 unspecified atom stereocenters. The first-order valence-electron chi connectivity index (χ1n) is 5.97. The molecule has 0 aliphatic rings. The SMILES string of the molecule is CC(C)Cn1ncnc1CC(O)c1cc(Cl)sc1Cl. The normalized spacial score (nSPS) is 13.2. The van der Waals surface area contributed by atoms with Gasteiger partial charge in [-0.3, -0.25) is 0 Å². The number of hydrogen-bond acceptors (Lipinski definition) is 4. The van der Waals surface area contributed by atoms with Crippen LogP contribution in [0.25, 0.3) is 0 Å². The van der Waals surface area contributed by atoms with Crippen molar-refractivity contribution in [2.75, 3.05) is 0 Å². The second-order valence-corrected chi connectivity index (χ2v) is 7.04. The Kier molecular flexibility index (Phi) is 4.84. The summed E-state index contributed by atoms with van der Waals surface area (Å²) in [6.07, 6.45) is 1.16. The molecule has 0 aliphatic heterocycles. The quantitative estimate of drug-likeness (QED) is 0.916. The highest BCUT2D eigenvalue weighted by Gasteiger charge is 2.18. The van der Waals surface area contributed by atoms with Gasteiger partial charge in [-0.1, -0.05) is 37.0 Å². The summed E-state index contributed by atoms with van der Waals surface area (Å²) in [6, 6.07) is 1.70. The summed E-state index contributed by atoms with van der Waals surface area (Å²) in [5.74, 6) is 1.22. The average molecular weight is 320 g/mol. The smallest absolute Gasteiger partial charge is 0.138 e. The van der Waals surface area contributed by atoms with Crippen LogP contribution in [0.1, 0.15) is 31.3 Å². The van der Waals surface area contributed by atoms with E-state index >= 15 is 0 Å². The molecule has 0 aliphatic carbocycles. The van der Waals surface area contributed by atoms with Gasteiger partial charge in [0.2, 0.25) is 0 Å². The molecule has 2 aromatic heterocycles. The monoisotopic (exact) mass is 319 g/mol. The first-order chi connectivity index (χ1) is 8.97. The molecule has 0 saturated carbocycles. The number of nitrogens with zero attached hydrogens (tertiary/aromatic N) is 3. The summed E-state index contributed by atoms with van der Waals surface area (Å²) >= 11 is 13.2. The number of aromatic nitrogens is 3.